The molecule has 0 atom stereocenters. The van der Waals surface area contributed by atoms with E-state index in [4.69, 9.17) is 4.74 Å². The summed E-state index contributed by atoms with van der Waals surface area (Å²) in [7, 11) is 0. The van der Waals surface area contributed by atoms with Crippen LogP contribution in [0.25, 0.3) is 0 Å². The topological polar surface area (TPSA) is 45.6 Å². The summed E-state index contributed by atoms with van der Waals surface area (Å²) in [6, 6.07) is 6.52. The predicted octanol–water partition coefficient (Wildman–Crippen LogP) is 3.09. The number of benzene rings is 1. The van der Waals surface area contributed by atoms with Gasteiger partial charge in [-0.25, -0.2) is 9.38 Å². The van der Waals surface area contributed by atoms with Crippen LogP contribution >= 0.6 is 0 Å². The van der Waals surface area contributed by atoms with Gasteiger partial charge in [0.05, 0.1) is 6.54 Å². The van der Waals surface area contributed by atoms with Crippen molar-refractivity contribution in [1.82, 2.24) is 10.6 Å². The molecule has 0 aromatic heterocycles. The van der Waals surface area contributed by atoms with Gasteiger partial charge in [-0.1, -0.05) is 25.5 Å². The molecule has 0 fully saturated rings. The molecule has 124 valence electrons. The zero-order chi connectivity index (χ0) is 16.0. The van der Waals surface area contributed by atoms with E-state index in [0.717, 1.165) is 57.1 Å². The van der Waals surface area contributed by atoms with Crippen LogP contribution in [-0.4, -0.2) is 32.3 Å². The maximum atomic E-state index is 13.1. The molecule has 0 saturated heterocycles. The summed E-state index contributed by atoms with van der Waals surface area (Å²) in [6.45, 7) is 7.83. The minimum atomic E-state index is -0.227. The smallest absolute Gasteiger partial charge is 0.191 e. The van der Waals surface area contributed by atoms with Crippen LogP contribution in [0.4, 0.5) is 4.39 Å². The molecule has 0 aliphatic heterocycles. The molecular weight excluding hydrogens is 281 g/mol. The van der Waals surface area contributed by atoms with Crippen molar-refractivity contribution in [3.05, 3.63) is 35.6 Å². The van der Waals surface area contributed by atoms with Crippen molar-refractivity contribution in [1.29, 1.82) is 0 Å². The molecule has 1 aromatic carbocycles. The van der Waals surface area contributed by atoms with Gasteiger partial charge in [-0.2, -0.15) is 0 Å². The molecule has 0 spiro atoms. The fourth-order valence-electron chi connectivity index (χ4n) is 1.88. The van der Waals surface area contributed by atoms with Gasteiger partial charge in [0.15, 0.2) is 5.96 Å². The first-order valence-electron chi connectivity index (χ1n) is 8.10. The van der Waals surface area contributed by atoms with Crippen molar-refractivity contribution in [2.24, 2.45) is 4.99 Å². The van der Waals surface area contributed by atoms with E-state index in [-0.39, 0.29) is 5.82 Å². The Hall–Kier alpha value is -1.62. The maximum Gasteiger partial charge on any atom is 0.191 e. The summed E-state index contributed by atoms with van der Waals surface area (Å²) in [4.78, 5) is 4.46. The summed E-state index contributed by atoms with van der Waals surface area (Å²) < 4.78 is 18.6. The third kappa shape index (κ3) is 8.62. The number of rotatable bonds is 10. The zero-order valence-corrected chi connectivity index (χ0v) is 13.7. The minimum absolute atomic E-state index is 0.227. The Labute approximate surface area is 133 Å². The second kappa shape index (κ2) is 12.0. The number of guanidine groups is 1. The van der Waals surface area contributed by atoms with Crippen LogP contribution < -0.4 is 10.6 Å². The first-order chi connectivity index (χ1) is 10.8. The summed E-state index contributed by atoms with van der Waals surface area (Å²) in [6.07, 6.45) is 3.22. The lowest BCUT2D eigenvalue weighted by atomic mass is 10.2. The van der Waals surface area contributed by atoms with Crippen LogP contribution in [0.15, 0.2) is 29.3 Å². The highest BCUT2D eigenvalue weighted by atomic mass is 19.1. The van der Waals surface area contributed by atoms with Crippen molar-refractivity contribution in [3.8, 4) is 0 Å². The lowest BCUT2D eigenvalue weighted by Gasteiger charge is -2.11. The summed E-state index contributed by atoms with van der Waals surface area (Å²) in [5.41, 5.74) is 0.861. The Kier molecular flexibility index (Phi) is 10.0. The van der Waals surface area contributed by atoms with Crippen LogP contribution in [0.1, 0.15) is 38.7 Å². The van der Waals surface area contributed by atoms with Gasteiger partial charge in [0.2, 0.25) is 0 Å². The normalized spacial score (nSPS) is 11.5. The highest BCUT2D eigenvalue weighted by Crippen LogP contribution is 2.04. The second-order valence-electron chi connectivity index (χ2n) is 5.07. The van der Waals surface area contributed by atoms with Gasteiger partial charge >= 0.3 is 0 Å². The Balaban J connectivity index is 2.30. The number of hydrogen-bond donors (Lipinski definition) is 2. The number of hydrogen-bond acceptors (Lipinski definition) is 2. The highest BCUT2D eigenvalue weighted by molar-refractivity contribution is 5.79. The molecular formula is C17H28FN3O. The van der Waals surface area contributed by atoms with E-state index in [1.807, 2.05) is 13.0 Å². The molecule has 0 heterocycles. The summed E-state index contributed by atoms with van der Waals surface area (Å²) >= 11 is 0. The van der Waals surface area contributed by atoms with E-state index < -0.39 is 0 Å². The number of aliphatic imine (C=N–C) groups is 1. The third-order valence-corrected chi connectivity index (χ3v) is 3.05. The molecule has 0 saturated carbocycles. The first kappa shape index (κ1) is 18.4. The highest BCUT2D eigenvalue weighted by Gasteiger charge is 1.98. The molecule has 0 aliphatic rings. The van der Waals surface area contributed by atoms with Crippen LogP contribution in [-0.2, 0) is 11.3 Å². The molecule has 4 nitrogen and oxygen atoms in total. The van der Waals surface area contributed by atoms with Crippen molar-refractivity contribution < 1.29 is 9.13 Å². The second-order valence-corrected chi connectivity index (χ2v) is 5.07. The summed E-state index contributed by atoms with van der Waals surface area (Å²) in [5.74, 6) is 0.523. The van der Waals surface area contributed by atoms with Gasteiger partial charge in [0.25, 0.3) is 0 Å². The van der Waals surface area contributed by atoms with E-state index in [1.54, 1.807) is 6.07 Å². The van der Waals surface area contributed by atoms with Gasteiger partial charge in [-0.05, 0) is 37.5 Å². The van der Waals surface area contributed by atoms with E-state index in [9.17, 15) is 4.39 Å². The summed E-state index contributed by atoms with van der Waals surface area (Å²) in [5, 5.41) is 6.44. The number of ether oxygens (including phenoxy) is 1. The molecule has 0 aliphatic carbocycles. The molecule has 5 heteroatoms. The fraction of sp³-hybridized carbons (Fsp3) is 0.588. The molecule has 0 bridgehead atoms. The Bertz CT molecular complexity index is 438. The standard InChI is InChI=1S/C17H28FN3O/c1-3-5-11-22-12-7-10-20-17(19-4-2)21-14-15-8-6-9-16(18)13-15/h6,8-9,13H,3-5,7,10-12,14H2,1-2H3,(H2,19,20,21). The van der Waals surface area contributed by atoms with Gasteiger partial charge in [-0.3, -0.25) is 0 Å². The fourth-order valence-corrected chi connectivity index (χ4v) is 1.88. The average molecular weight is 309 g/mol. The maximum absolute atomic E-state index is 13.1. The zero-order valence-electron chi connectivity index (χ0n) is 13.7. The SMILES string of the molecule is CCCCOCCCNC(=NCc1cccc(F)c1)NCC. The molecule has 0 radical (unpaired) electrons. The Morgan fingerprint density at radius 3 is 2.73 bits per heavy atom. The van der Waals surface area contributed by atoms with E-state index in [0.29, 0.717) is 6.54 Å². The number of nitrogens with zero attached hydrogens (tertiary/aromatic N) is 1. The molecule has 0 unspecified atom stereocenters. The number of halogens is 1. The van der Waals surface area contributed by atoms with E-state index >= 15 is 0 Å². The first-order valence-corrected chi connectivity index (χ1v) is 8.10. The molecule has 22 heavy (non-hydrogen) atoms. The van der Waals surface area contributed by atoms with Gasteiger partial charge in [0, 0.05) is 26.3 Å². The van der Waals surface area contributed by atoms with E-state index in [1.165, 1.54) is 12.1 Å². The molecule has 1 rings (SSSR count). The van der Waals surface area contributed by atoms with Crippen LogP contribution in [0.3, 0.4) is 0 Å². The van der Waals surface area contributed by atoms with Gasteiger partial charge in [0.1, 0.15) is 5.82 Å². The van der Waals surface area contributed by atoms with Gasteiger partial charge < -0.3 is 15.4 Å². The third-order valence-electron chi connectivity index (χ3n) is 3.05. The minimum Gasteiger partial charge on any atom is -0.381 e. The predicted molar refractivity (Wildman–Crippen MR) is 89.6 cm³/mol. The Morgan fingerprint density at radius 2 is 2.00 bits per heavy atom. The molecule has 1 aromatic rings. The number of nitrogens with one attached hydrogen (secondary N) is 2. The quantitative estimate of drug-likeness (QED) is 0.397. The van der Waals surface area contributed by atoms with Crippen LogP contribution in [0.5, 0.6) is 0 Å². The molecule has 2 N–H and O–H groups in total. The van der Waals surface area contributed by atoms with Crippen LogP contribution in [0.2, 0.25) is 0 Å². The van der Waals surface area contributed by atoms with E-state index in [2.05, 4.69) is 22.5 Å². The molecule has 0 amide bonds. The lowest BCUT2D eigenvalue weighted by Crippen LogP contribution is -2.38. The largest absolute Gasteiger partial charge is 0.381 e. The van der Waals surface area contributed by atoms with Crippen molar-refractivity contribution in [2.45, 2.75) is 39.7 Å². The Morgan fingerprint density at radius 1 is 1.18 bits per heavy atom. The van der Waals surface area contributed by atoms with Gasteiger partial charge in [-0.15, -0.1) is 0 Å². The average Bonchev–Trinajstić information content (AvgIpc) is 2.51. The monoisotopic (exact) mass is 309 g/mol. The van der Waals surface area contributed by atoms with Crippen molar-refractivity contribution >= 4 is 5.96 Å². The van der Waals surface area contributed by atoms with Crippen molar-refractivity contribution in [3.63, 3.8) is 0 Å². The van der Waals surface area contributed by atoms with Crippen molar-refractivity contribution in [2.75, 3.05) is 26.3 Å². The van der Waals surface area contributed by atoms with Crippen LogP contribution in [0, 0.1) is 5.82 Å². The number of unbranched alkanes of at least 4 members (excludes halogenated alkanes) is 1. The lowest BCUT2D eigenvalue weighted by molar-refractivity contribution is 0.129.